The molecule has 0 saturated carbocycles. The molecular formula is C27H32N2O. The first-order valence-electron chi connectivity index (χ1n) is 11.0. The lowest BCUT2D eigenvalue weighted by molar-refractivity contribution is 0.0602. The lowest BCUT2D eigenvalue weighted by Gasteiger charge is -2.49. The minimum absolute atomic E-state index is 0.252. The average Bonchev–Trinajstić information content (AvgIpc) is 2.83. The minimum Gasteiger partial charge on any atom is -0.396 e. The van der Waals surface area contributed by atoms with Crippen molar-refractivity contribution >= 4 is 0 Å². The normalized spacial score (nSPS) is 17.0. The maximum absolute atomic E-state index is 9.46. The van der Waals surface area contributed by atoms with Crippen LogP contribution in [0.1, 0.15) is 23.6 Å². The highest BCUT2D eigenvalue weighted by atomic mass is 16.3. The fourth-order valence-electron chi connectivity index (χ4n) is 4.85. The van der Waals surface area contributed by atoms with Crippen LogP contribution in [0.4, 0.5) is 0 Å². The van der Waals surface area contributed by atoms with Gasteiger partial charge in [-0.05, 0) is 22.6 Å². The molecule has 0 amide bonds. The number of rotatable bonds is 7. The molecule has 3 heteroatoms. The van der Waals surface area contributed by atoms with Crippen molar-refractivity contribution in [2.75, 3.05) is 39.3 Å². The summed E-state index contributed by atoms with van der Waals surface area (Å²) in [6, 6.07) is 32.8. The fraction of sp³-hybridized carbons (Fsp3) is 0.333. The van der Waals surface area contributed by atoms with E-state index in [-0.39, 0.29) is 12.1 Å². The highest BCUT2D eigenvalue weighted by Gasteiger charge is 2.43. The Bertz CT molecular complexity index is 793. The van der Waals surface area contributed by atoms with Crippen LogP contribution in [0.25, 0.3) is 0 Å². The van der Waals surface area contributed by atoms with Crippen LogP contribution < -0.4 is 0 Å². The molecule has 1 aliphatic rings. The fourth-order valence-corrected chi connectivity index (χ4v) is 4.85. The zero-order chi connectivity index (χ0) is 20.8. The van der Waals surface area contributed by atoms with Crippen molar-refractivity contribution in [3.8, 4) is 0 Å². The van der Waals surface area contributed by atoms with E-state index in [1.54, 1.807) is 0 Å². The second-order valence-electron chi connectivity index (χ2n) is 8.38. The van der Waals surface area contributed by atoms with Crippen molar-refractivity contribution in [3.63, 3.8) is 0 Å². The first-order valence-corrected chi connectivity index (χ1v) is 11.0. The summed E-state index contributed by atoms with van der Waals surface area (Å²) in [6.45, 7) is 7.32. The van der Waals surface area contributed by atoms with Gasteiger partial charge in [0, 0.05) is 39.3 Å². The number of nitrogens with zero attached hydrogens (tertiary/aromatic N) is 2. The Hall–Kier alpha value is -2.46. The van der Waals surface area contributed by atoms with E-state index in [1.807, 2.05) is 0 Å². The van der Waals surface area contributed by atoms with Crippen LogP contribution in [-0.4, -0.2) is 54.2 Å². The molecule has 4 rings (SSSR count). The molecule has 0 spiro atoms. The van der Waals surface area contributed by atoms with Crippen molar-refractivity contribution in [2.24, 2.45) is 5.92 Å². The van der Waals surface area contributed by atoms with Gasteiger partial charge in [-0.15, -0.1) is 0 Å². The SMILES string of the molecule is C[C@@H](CO)CN1CCN(C(c2ccccc2)(c2ccccc2)c2ccccc2)CC1. The first kappa shape index (κ1) is 20.8. The minimum atomic E-state index is -0.321. The highest BCUT2D eigenvalue weighted by molar-refractivity contribution is 5.49. The second kappa shape index (κ2) is 9.57. The van der Waals surface area contributed by atoms with E-state index in [0.29, 0.717) is 5.92 Å². The van der Waals surface area contributed by atoms with Gasteiger partial charge in [0.1, 0.15) is 0 Å². The van der Waals surface area contributed by atoms with Crippen molar-refractivity contribution in [1.29, 1.82) is 0 Å². The van der Waals surface area contributed by atoms with Crippen molar-refractivity contribution < 1.29 is 5.11 Å². The van der Waals surface area contributed by atoms with Crippen LogP contribution in [0.15, 0.2) is 91.0 Å². The number of benzene rings is 3. The Balaban J connectivity index is 1.79. The number of piperazine rings is 1. The Morgan fingerprint density at radius 2 is 1.10 bits per heavy atom. The monoisotopic (exact) mass is 400 g/mol. The molecule has 1 fully saturated rings. The smallest absolute Gasteiger partial charge is 0.0973 e. The van der Waals surface area contributed by atoms with Gasteiger partial charge in [0.15, 0.2) is 0 Å². The van der Waals surface area contributed by atoms with Crippen LogP contribution in [-0.2, 0) is 5.54 Å². The van der Waals surface area contributed by atoms with Gasteiger partial charge in [0.25, 0.3) is 0 Å². The van der Waals surface area contributed by atoms with E-state index in [2.05, 4.69) is 108 Å². The third-order valence-electron chi connectivity index (χ3n) is 6.30. The summed E-state index contributed by atoms with van der Waals surface area (Å²) in [5.41, 5.74) is 3.59. The zero-order valence-electron chi connectivity index (χ0n) is 17.8. The third-order valence-corrected chi connectivity index (χ3v) is 6.30. The van der Waals surface area contributed by atoms with Gasteiger partial charge in [0.05, 0.1) is 5.54 Å². The maximum atomic E-state index is 9.46. The van der Waals surface area contributed by atoms with Crippen LogP contribution in [0.2, 0.25) is 0 Å². The van der Waals surface area contributed by atoms with Gasteiger partial charge in [0.2, 0.25) is 0 Å². The quantitative estimate of drug-likeness (QED) is 0.602. The second-order valence-corrected chi connectivity index (χ2v) is 8.38. The molecule has 0 aliphatic carbocycles. The van der Waals surface area contributed by atoms with Crippen LogP contribution in [0.3, 0.4) is 0 Å². The Labute approximate surface area is 180 Å². The molecule has 30 heavy (non-hydrogen) atoms. The molecule has 3 aromatic carbocycles. The topological polar surface area (TPSA) is 26.7 Å². The molecular weight excluding hydrogens is 368 g/mol. The summed E-state index contributed by atoms with van der Waals surface area (Å²) in [4.78, 5) is 5.14. The summed E-state index contributed by atoms with van der Waals surface area (Å²) in [5, 5.41) is 9.46. The molecule has 3 aromatic rings. The van der Waals surface area contributed by atoms with E-state index in [1.165, 1.54) is 16.7 Å². The molecule has 1 saturated heterocycles. The third kappa shape index (κ3) is 4.06. The predicted molar refractivity (Wildman–Crippen MR) is 123 cm³/mol. The lowest BCUT2D eigenvalue weighted by atomic mass is 9.75. The number of aliphatic hydroxyl groups is 1. The number of aliphatic hydroxyl groups excluding tert-OH is 1. The largest absolute Gasteiger partial charge is 0.396 e. The van der Waals surface area contributed by atoms with E-state index in [0.717, 1.165) is 32.7 Å². The molecule has 156 valence electrons. The van der Waals surface area contributed by atoms with E-state index in [4.69, 9.17) is 0 Å². The summed E-state index contributed by atoms with van der Waals surface area (Å²) in [6.07, 6.45) is 0. The Kier molecular flexibility index (Phi) is 6.63. The molecule has 1 heterocycles. The van der Waals surface area contributed by atoms with Crippen molar-refractivity contribution in [2.45, 2.75) is 12.5 Å². The molecule has 0 unspecified atom stereocenters. The van der Waals surface area contributed by atoms with Gasteiger partial charge in [-0.25, -0.2) is 0 Å². The molecule has 1 atom stereocenters. The first-order chi connectivity index (χ1) is 14.7. The van der Waals surface area contributed by atoms with Gasteiger partial charge in [-0.1, -0.05) is 97.9 Å². The van der Waals surface area contributed by atoms with Crippen LogP contribution in [0.5, 0.6) is 0 Å². The Morgan fingerprint density at radius 1 is 0.700 bits per heavy atom. The van der Waals surface area contributed by atoms with Gasteiger partial charge < -0.3 is 10.0 Å². The summed E-state index contributed by atoms with van der Waals surface area (Å²) < 4.78 is 0. The molecule has 0 aromatic heterocycles. The molecule has 1 aliphatic heterocycles. The summed E-state index contributed by atoms with van der Waals surface area (Å²) >= 11 is 0. The molecule has 3 nitrogen and oxygen atoms in total. The molecule has 0 bridgehead atoms. The molecule has 0 radical (unpaired) electrons. The maximum Gasteiger partial charge on any atom is 0.0973 e. The number of hydrogen-bond donors (Lipinski definition) is 1. The van der Waals surface area contributed by atoms with E-state index in [9.17, 15) is 5.11 Å². The van der Waals surface area contributed by atoms with Crippen molar-refractivity contribution in [1.82, 2.24) is 9.80 Å². The van der Waals surface area contributed by atoms with Crippen molar-refractivity contribution in [3.05, 3.63) is 108 Å². The van der Waals surface area contributed by atoms with Gasteiger partial charge >= 0.3 is 0 Å². The summed E-state index contributed by atoms with van der Waals surface area (Å²) in [7, 11) is 0. The van der Waals surface area contributed by atoms with Crippen LogP contribution in [0, 0.1) is 5.92 Å². The van der Waals surface area contributed by atoms with E-state index >= 15 is 0 Å². The van der Waals surface area contributed by atoms with Gasteiger partial charge in [-0.3, -0.25) is 4.90 Å². The standard InChI is InChI=1S/C27H32N2O/c1-23(22-30)21-28-17-19-29(20-18-28)27(24-11-5-2-6-12-24,25-13-7-3-8-14-25)26-15-9-4-10-16-26/h2-16,23,30H,17-22H2,1H3/t23-/m1/s1. The van der Waals surface area contributed by atoms with Crippen LogP contribution >= 0.6 is 0 Å². The summed E-state index contributed by atoms with van der Waals surface area (Å²) in [5.74, 6) is 0.318. The predicted octanol–water partition coefficient (Wildman–Crippen LogP) is 4.22. The van der Waals surface area contributed by atoms with E-state index < -0.39 is 0 Å². The highest BCUT2D eigenvalue weighted by Crippen LogP contribution is 2.42. The number of hydrogen-bond acceptors (Lipinski definition) is 3. The Morgan fingerprint density at radius 3 is 1.47 bits per heavy atom. The molecule has 1 N–H and O–H groups in total. The van der Waals surface area contributed by atoms with Gasteiger partial charge in [-0.2, -0.15) is 0 Å². The average molecular weight is 401 g/mol. The zero-order valence-corrected chi connectivity index (χ0v) is 17.8. The lowest BCUT2D eigenvalue weighted by Crippen LogP contribution is -2.57.